The average Bonchev–Trinajstić information content (AvgIpc) is 2.73. The Morgan fingerprint density at radius 1 is 1.39 bits per heavy atom. The Labute approximate surface area is 109 Å². The molecule has 1 N–H and O–H groups in total. The van der Waals surface area contributed by atoms with Crippen LogP contribution >= 0.6 is 0 Å². The summed E-state index contributed by atoms with van der Waals surface area (Å²) in [6, 6.07) is 8.36. The first-order valence-corrected chi connectivity index (χ1v) is 6.62. The van der Waals surface area contributed by atoms with Crippen molar-refractivity contribution in [3.05, 3.63) is 42.7 Å². The highest BCUT2D eigenvalue weighted by Gasteiger charge is 2.08. The molecular formula is C15H21N3. The smallest absolute Gasteiger partial charge is 0.109 e. The van der Waals surface area contributed by atoms with Gasteiger partial charge in [-0.1, -0.05) is 25.1 Å². The first kappa shape index (κ1) is 12.8. The molecule has 2 rings (SSSR count). The second-order valence-electron chi connectivity index (χ2n) is 4.41. The Balaban J connectivity index is 2.21. The third-order valence-electron chi connectivity index (χ3n) is 3.01. The van der Waals surface area contributed by atoms with Crippen LogP contribution in [-0.4, -0.2) is 22.6 Å². The SMILES string of the molecule is C=CCNCCn1c(CCC)nc2ccccc21. The maximum Gasteiger partial charge on any atom is 0.109 e. The summed E-state index contributed by atoms with van der Waals surface area (Å²) in [4.78, 5) is 4.72. The molecule has 2 aromatic rings. The van der Waals surface area contributed by atoms with Crippen LogP contribution < -0.4 is 5.32 Å². The van der Waals surface area contributed by atoms with Gasteiger partial charge in [0.25, 0.3) is 0 Å². The van der Waals surface area contributed by atoms with E-state index < -0.39 is 0 Å². The van der Waals surface area contributed by atoms with E-state index in [1.165, 1.54) is 11.3 Å². The predicted molar refractivity (Wildman–Crippen MR) is 76.8 cm³/mol. The van der Waals surface area contributed by atoms with Gasteiger partial charge >= 0.3 is 0 Å². The molecule has 0 aliphatic heterocycles. The average molecular weight is 243 g/mol. The standard InChI is InChI=1S/C15H21N3/c1-3-7-15-17-13-8-5-6-9-14(13)18(15)12-11-16-10-4-2/h4-6,8-9,16H,2-3,7,10-12H2,1H3. The van der Waals surface area contributed by atoms with Crippen LogP contribution in [0.1, 0.15) is 19.2 Å². The molecule has 18 heavy (non-hydrogen) atoms. The third-order valence-corrected chi connectivity index (χ3v) is 3.01. The van der Waals surface area contributed by atoms with Gasteiger partial charge in [-0.2, -0.15) is 0 Å². The molecule has 0 amide bonds. The molecular weight excluding hydrogens is 222 g/mol. The van der Waals surface area contributed by atoms with E-state index in [0.29, 0.717) is 0 Å². The first-order valence-electron chi connectivity index (χ1n) is 6.62. The Hall–Kier alpha value is -1.61. The number of aromatic nitrogens is 2. The Morgan fingerprint density at radius 2 is 2.22 bits per heavy atom. The van der Waals surface area contributed by atoms with Crippen molar-refractivity contribution in [3.8, 4) is 0 Å². The molecule has 3 heteroatoms. The molecule has 0 fully saturated rings. The van der Waals surface area contributed by atoms with E-state index in [0.717, 1.165) is 38.0 Å². The molecule has 0 saturated carbocycles. The van der Waals surface area contributed by atoms with Gasteiger partial charge in [0.2, 0.25) is 0 Å². The summed E-state index contributed by atoms with van der Waals surface area (Å²) in [5, 5.41) is 3.34. The van der Waals surface area contributed by atoms with Crippen molar-refractivity contribution in [2.75, 3.05) is 13.1 Å². The van der Waals surface area contributed by atoms with Gasteiger partial charge in [-0.05, 0) is 18.6 Å². The summed E-state index contributed by atoms with van der Waals surface area (Å²) in [5.74, 6) is 1.19. The summed E-state index contributed by atoms with van der Waals surface area (Å²) < 4.78 is 2.33. The summed E-state index contributed by atoms with van der Waals surface area (Å²) >= 11 is 0. The van der Waals surface area contributed by atoms with Crippen molar-refractivity contribution >= 4 is 11.0 Å². The number of nitrogens with one attached hydrogen (secondary N) is 1. The molecule has 0 atom stereocenters. The number of nitrogens with zero attached hydrogens (tertiary/aromatic N) is 2. The molecule has 1 aromatic heterocycles. The third kappa shape index (κ3) is 2.79. The van der Waals surface area contributed by atoms with Crippen LogP contribution in [0.15, 0.2) is 36.9 Å². The fraction of sp³-hybridized carbons (Fsp3) is 0.400. The van der Waals surface area contributed by atoms with E-state index in [4.69, 9.17) is 4.98 Å². The summed E-state index contributed by atoms with van der Waals surface area (Å²) in [5.41, 5.74) is 2.34. The molecule has 0 spiro atoms. The van der Waals surface area contributed by atoms with E-state index in [1.54, 1.807) is 0 Å². The van der Waals surface area contributed by atoms with E-state index in [-0.39, 0.29) is 0 Å². The number of hydrogen-bond acceptors (Lipinski definition) is 2. The fourth-order valence-corrected chi connectivity index (χ4v) is 2.18. The quantitative estimate of drug-likeness (QED) is 0.598. The molecule has 0 bridgehead atoms. The van der Waals surface area contributed by atoms with Crippen LogP contribution in [0.2, 0.25) is 0 Å². The van der Waals surface area contributed by atoms with Gasteiger partial charge in [0.15, 0.2) is 0 Å². The Kier molecular flexibility index (Phi) is 4.53. The molecule has 0 radical (unpaired) electrons. The van der Waals surface area contributed by atoms with E-state index >= 15 is 0 Å². The topological polar surface area (TPSA) is 29.9 Å². The summed E-state index contributed by atoms with van der Waals surface area (Å²) in [7, 11) is 0. The van der Waals surface area contributed by atoms with Crippen LogP contribution in [0.4, 0.5) is 0 Å². The number of fused-ring (bicyclic) bond motifs is 1. The van der Waals surface area contributed by atoms with Crippen LogP contribution in [0.3, 0.4) is 0 Å². The minimum atomic E-state index is 0.857. The molecule has 1 aromatic carbocycles. The Bertz CT molecular complexity index is 513. The second kappa shape index (κ2) is 6.36. The van der Waals surface area contributed by atoms with Gasteiger partial charge in [0.1, 0.15) is 5.82 Å². The highest BCUT2D eigenvalue weighted by molar-refractivity contribution is 5.75. The van der Waals surface area contributed by atoms with E-state index in [9.17, 15) is 0 Å². The number of aryl methyl sites for hydroxylation is 1. The Morgan fingerprint density at radius 3 is 3.00 bits per heavy atom. The minimum absolute atomic E-state index is 0.857. The van der Waals surface area contributed by atoms with E-state index in [2.05, 4.69) is 41.6 Å². The zero-order valence-electron chi connectivity index (χ0n) is 11.0. The maximum absolute atomic E-state index is 4.72. The number of imidazole rings is 1. The van der Waals surface area contributed by atoms with Gasteiger partial charge in [-0.25, -0.2) is 4.98 Å². The van der Waals surface area contributed by atoms with Crippen LogP contribution in [0, 0.1) is 0 Å². The second-order valence-corrected chi connectivity index (χ2v) is 4.41. The molecule has 0 saturated heterocycles. The number of para-hydroxylation sites is 2. The summed E-state index contributed by atoms with van der Waals surface area (Å²) in [6.45, 7) is 8.67. The van der Waals surface area contributed by atoms with Gasteiger partial charge < -0.3 is 9.88 Å². The maximum atomic E-state index is 4.72. The van der Waals surface area contributed by atoms with Gasteiger partial charge in [0.05, 0.1) is 11.0 Å². The zero-order chi connectivity index (χ0) is 12.8. The van der Waals surface area contributed by atoms with Crippen molar-refractivity contribution in [3.63, 3.8) is 0 Å². The lowest BCUT2D eigenvalue weighted by Gasteiger charge is -2.09. The normalized spacial score (nSPS) is 10.9. The van der Waals surface area contributed by atoms with Crippen LogP contribution in [0.5, 0.6) is 0 Å². The number of benzene rings is 1. The number of hydrogen-bond donors (Lipinski definition) is 1. The highest BCUT2D eigenvalue weighted by Crippen LogP contribution is 2.16. The molecule has 3 nitrogen and oxygen atoms in total. The lowest BCUT2D eigenvalue weighted by Crippen LogP contribution is -2.20. The van der Waals surface area contributed by atoms with Crippen molar-refractivity contribution in [1.82, 2.24) is 14.9 Å². The first-order chi connectivity index (χ1) is 8.86. The highest BCUT2D eigenvalue weighted by atomic mass is 15.1. The predicted octanol–water partition coefficient (Wildman–Crippen LogP) is 2.76. The van der Waals surface area contributed by atoms with Crippen molar-refractivity contribution < 1.29 is 0 Å². The monoisotopic (exact) mass is 243 g/mol. The lowest BCUT2D eigenvalue weighted by atomic mass is 10.3. The summed E-state index contributed by atoms with van der Waals surface area (Å²) in [6.07, 6.45) is 4.05. The van der Waals surface area contributed by atoms with Crippen molar-refractivity contribution in [1.29, 1.82) is 0 Å². The van der Waals surface area contributed by atoms with Crippen molar-refractivity contribution in [2.24, 2.45) is 0 Å². The van der Waals surface area contributed by atoms with Gasteiger partial charge in [-0.3, -0.25) is 0 Å². The van der Waals surface area contributed by atoms with Gasteiger partial charge in [-0.15, -0.1) is 6.58 Å². The minimum Gasteiger partial charge on any atom is -0.327 e. The van der Waals surface area contributed by atoms with E-state index in [1.807, 2.05) is 12.1 Å². The molecule has 1 heterocycles. The fourth-order valence-electron chi connectivity index (χ4n) is 2.18. The number of rotatable bonds is 7. The molecule has 96 valence electrons. The zero-order valence-corrected chi connectivity index (χ0v) is 11.0. The van der Waals surface area contributed by atoms with Gasteiger partial charge in [0, 0.05) is 26.1 Å². The molecule has 0 aliphatic rings. The molecule has 0 aliphatic carbocycles. The van der Waals surface area contributed by atoms with Crippen LogP contribution in [-0.2, 0) is 13.0 Å². The van der Waals surface area contributed by atoms with Crippen molar-refractivity contribution in [2.45, 2.75) is 26.3 Å². The largest absolute Gasteiger partial charge is 0.327 e. The van der Waals surface area contributed by atoms with Crippen LogP contribution in [0.25, 0.3) is 11.0 Å². The lowest BCUT2D eigenvalue weighted by molar-refractivity contribution is 0.608. The molecule has 0 unspecified atom stereocenters.